The average molecular weight is 451 g/mol. The maximum absolute atomic E-state index is 12.8. The highest BCUT2D eigenvalue weighted by molar-refractivity contribution is 7.90. The Morgan fingerprint density at radius 1 is 1.00 bits per heavy atom. The molecule has 4 rings (SSSR count). The van der Waals surface area contributed by atoms with Gasteiger partial charge in [-0.05, 0) is 78.5 Å². The first-order valence-electron chi connectivity index (χ1n) is 10.9. The van der Waals surface area contributed by atoms with Crippen LogP contribution in [0.4, 0.5) is 10.5 Å². The van der Waals surface area contributed by atoms with Gasteiger partial charge in [-0.2, -0.15) is 0 Å². The lowest BCUT2D eigenvalue weighted by Gasteiger charge is -2.16. The number of benzene rings is 2. The zero-order valence-corrected chi connectivity index (χ0v) is 18.7. The molecule has 2 aliphatic rings. The normalized spacial score (nSPS) is 14.3. The molecule has 0 saturated carbocycles. The molecule has 0 radical (unpaired) electrons. The molecule has 0 spiro atoms. The molecule has 2 aromatic carbocycles. The third-order valence-corrected chi connectivity index (χ3v) is 7.43. The molecule has 0 bridgehead atoms. The zero-order chi connectivity index (χ0) is 22.7. The third-order valence-electron chi connectivity index (χ3n) is 6.10. The molecule has 2 amide bonds. The van der Waals surface area contributed by atoms with Crippen LogP contribution in [0.15, 0.2) is 35.2 Å². The van der Waals surface area contributed by atoms with E-state index in [1.807, 2.05) is 0 Å². The highest BCUT2D eigenvalue weighted by atomic mass is 32.2. The number of ketones is 1. The molecule has 6 nitrogen and oxygen atoms in total. The van der Waals surface area contributed by atoms with Gasteiger partial charge in [0, 0.05) is 24.9 Å². The molecule has 32 heavy (non-hydrogen) atoms. The van der Waals surface area contributed by atoms with E-state index in [1.54, 1.807) is 12.1 Å². The van der Waals surface area contributed by atoms with Crippen LogP contribution >= 0.6 is 0 Å². The molecular weight excluding hydrogens is 424 g/mol. The van der Waals surface area contributed by atoms with Crippen molar-refractivity contribution < 1.29 is 18.0 Å². The lowest BCUT2D eigenvalue weighted by Crippen LogP contribution is -2.35. The van der Waals surface area contributed by atoms with Gasteiger partial charge in [0.2, 0.25) is 0 Å². The topological polar surface area (TPSA) is 92.3 Å². The first-order valence-corrected chi connectivity index (χ1v) is 12.4. The molecule has 2 aromatic rings. The Kier molecular flexibility index (Phi) is 6.33. The summed E-state index contributed by atoms with van der Waals surface area (Å²) in [4.78, 5) is 24.6. The van der Waals surface area contributed by atoms with Crippen molar-refractivity contribution in [2.45, 2.75) is 62.7 Å². The number of hydrogen-bond acceptors (Lipinski definition) is 4. The van der Waals surface area contributed by atoms with E-state index in [0.717, 1.165) is 55.3 Å². The minimum absolute atomic E-state index is 0.0570. The minimum atomic E-state index is -4.09. The fourth-order valence-corrected chi connectivity index (χ4v) is 5.61. The summed E-state index contributed by atoms with van der Waals surface area (Å²) in [6, 6.07) is 7.55. The van der Waals surface area contributed by atoms with Crippen LogP contribution < -0.4 is 10.0 Å². The predicted molar refractivity (Wildman–Crippen MR) is 123 cm³/mol. The summed E-state index contributed by atoms with van der Waals surface area (Å²) < 4.78 is 27.8. The lowest BCUT2D eigenvalue weighted by molar-refractivity contribution is -0.118. The van der Waals surface area contributed by atoms with E-state index in [0.29, 0.717) is 12.0 Å². The lowest BCUT2D eigenvalue weighted by atomic mass is 9.99. The highest BCUT2D eigenvalue weighted by Gasteiger charge is 2.26. The second-order valence-corrected chi connectivity index (χ2v) is 10.0. The summed E-state index contributed by atoms with van der Waals surface area (Å²) in [5.74, 6) is 2.36. The molecule has 166 valence electrons. The number of carbonyl (C=O) groups is 2. The molecule has 0 aromatic heterocycles. The van der Waals surface area contributed by atoms with Crippen LogP contribution in [-0.4, -0.2) is 20.2 Å². The summed E-state index contributed by atoms with van der Waals surface area (Å²) >= 11 is 0. The summed E-state index contributed by atoms with van der Waals surface area (Å²) in [6.07, 6.45) is 11.7. The van der Waals surface area contributed by atoms with E-state index in [-0.39, 0.29) is 23.5 Å². The number of Topliss-reactive ketones (excluding diaryl/α,β-unsaturated/α-hetero) is 1. The van der Waals surface area contributed by atoms with Gasteiger partial charge in [-0.15, -0.1) is 12.3 Å². The summed E-state index contributed by atoms with van der Waals surface area (Å²) in [7, 11) is -4.09. The van der Waals surface area contributed by atoms with Crippen molar-refractivity contribution in [1.29, 1.82) is 0 Å². The van der Waals surface area contributed by atoms with Crippen molar-refractivity contribution in [3.63, 3.8) is 0 Å². The van der Waals surface area contributed by atoms with Gasteiger partial charge in [0.15, 0.2) is 0 Å². The van der Waals surface area contributed by atoms with Crippen molar-refractivity contribution in [2.24, 2.45) is 0 Å². The van der Waals surface area contributed by atoms with Crippen LogP contribution in [0.3, 0.4) is 0 Å². The van der Waals surface area contributed by atoms with Gasteiger partial charge in [-0.1, -0.05) is 18.2 Å². The maximum Gasteiger partial charge on any atom is 0.333 e. The molecule has 2 N–H and O–H groups in total. The van der Waals surface area contributed by atoms with Crippen LogP contribution in [0.5, 0.6) is 0 Å². The number of sulfonamides is 1. The second-order valence-electron chi connectivity index (χ2n) is 8.36. The molecule has 0 saturated heterocycles. The number of nitrogens with one attached hydrogen (secondary N) is 2. The Balaban J connectivity index is 1.49. The first kappa shape index (κ1) is 22.1. The predicted octanol–water partition coefficient (Wildman–Crippen LogP) is 3.70. The molecule has 2 aliphatic carbocycles. The number of anilines is 1. The van der Waals surface area contributed by atoms with Crippen LogP contribution in [0.1, 0.15) is 53.5 Å². The van der Waals surface area contributed by atoms with Gasteiger partial charge in [-0.3, -0.25) is 4.79 Å². The Bertz CT molecular complexity index is 1190. The van der Waals surface area contributed by atoms with Crippen molar-refractivity contribution in [3.8, 4) is 12.3 Å². The summed E-state index contributed by atoms with van der Waals surface area (Å²) in [5.41, 5.74) is 6.12. The molecule has 7 heteroatoms. The number of hydrogen-bond donors (Lipinski definition) is 2. The minimum Gasteiger partial charge on any atom is -0.307 e. The molecule has 0 atom stereocenters. The fraction of sp³-hybridized carbons (Fsp3) is 0.360. The van der Waals surface area contributed by atoms with Crippen molar-refractivity contribution >= 4 is 27.5 Å². The van der Waals surface area contributed by atoms with Crippen LogP contribution in [0, 0.1) is 12.3 Å². The number of aryl methyl sites for hydroxylation is 2. The van der Waals surface area contributed by atoms with Crippen molar-refractivity contribution in [1.82, 2.24) is 4.72 Å². The number of terminal acetylenes is 1. The SMILES string of the molecule is C#CCCC(=O)Cc1cccc(S(=O)(=O)NC(=O)Nc2c3c(cc4c2CCC4)CCC3)c1. The van der Waals surface area contributed by atoms with E-state index >= 15 is 0 Å². The first-order chi connectivity index (χ1) is 15.4. The van der Waals surface area contributed by atoms with Crippen LogP contribution in [-0.2, 0) is 46.9 Å². The molecular formula is C25H26N2O4S. The van der Waals surface area contributed by atoms with Crippen molar-refractivity contribution in [3.05, 3.63) is 58.1 Å². The van der Waals surface area contributed by atoms with E-state index in [1.165, 1.54) is 23.3 Å². The Morgan fingerprint density at radius 2 is 1.69 bits per heavy atom. The smallest absolute Gasteiger partial charge is 0.307 e. The third kappa shape index (κ3) is 4.71. The fourth-order valence-electron chi connectivity index (χ4n) is 4.64. The quantitative estimate of drug-likeness (QED) is 0.629. The van der Waals surface area contributed by atoms with E-state index in [9.17, 15) is 18.0 Å². The number of carbonyl (C=O) groups excluding carboxylic acids is 2. The van der Waals surface area contributed by atoms with E-state index < -0.39 is 16.1 Å². The molecule has 0 unspecified atom stereocenters. The number of rotatable bonds is 7. The Hall–Kier alpha value is -3.11. The second kappa shape index (κ2) is 9.17. The van der Waals surface area contributed by atoms with E-state index in [4.69, 9.17) is 6.42 Å². The van der Waals surface area contributed by atoms with Crippen molar-refractivity contribution in [2.75, 3.05) is 5.32 Å². The van der Waals surface area contributed by atoms with Gasteiger partial charge < -0.3 is 5.32 Å². The molecule has 0 heterocycles. The Labute approximate surface area is 188 Å². The maximum atomic E-state index is 12.8. The summed E-state index contributed by atoms with van der Waals surface area (Å²) in [6.45, 7) is 0. The molecule has 0 fully saturated rings. The van der Waals surface area contributed by atoms with Gasteiger partial charge in [0.1, 0.15) is 5.78 Å². The average Bonchev–Trinajstić information content (AvgIpc) is 3.41. The van der Waals surface area contributed by atoms with Gasteiger partial charge >= 0.3 is 6.03 Å². The summed E-state index contributed by atoms with van der Waals surface area (Å²) in [5, 5.41) is 2.84. The number of fused-ring (bicyclic) bond motifs is 2. The number of amides is 2. The largest absolute Gasteiger partial charge is 0.333 e. The Morgan fingerprint density at radius 3 is 2.34 bits per heavy atom. The van der Waals surface area contributed by atoms with Gasteiger partial charge in [-0.25, -0.2) is 17.9 Å². The van der Waals surface area contributed by atoms with Crippen LogP contribution in [0.25, 0.3) is 0 Å². The zero-order valence-electron chi connectivity index (χ0n) is 17.9. The number of urea groups is 1. The monoisotopic (exact) mass is 450 g/mol. The van der Waals surface area contributed by atoms with Crippen LogP contribution in [0.2, 0.25) is 0 Å². The standard InChI is InChI=1S/C25H26N2O4S/c1-2-3-10-20(28)14-17-7-4-11-21(15-17)32(30,31)27-25(29)26-24-22-12-5-8-18(22)16-19-9-6-13-23(19)24/h1,4,7,11,15-16H,3,5-6,8-10,12-14H2,(H2,26,27,29). The molecule has 0 aliphatic heterocycles. The van der Waals surface area contributed by atoms with Gasteiger partial charge in [0.25, 0.3) is 10.0 Å². The highest BCUT2D eigenvalue weighted by Crippen LogP contribution is 2.38. The van der Waals surface area contributed by atoms with E-state index in [2.05, 4.69) is 22.0 Å². The van der Waals surface area contributed by atoms with Gasteiger partial charge in [0.05, 0.1) is 4.90 Å².